The first-order valence-electron chi connectivity index (χ1n) is 8.03. The molecule has 2 atom stereocenters. The van der Waals surface area contributed by atoms with Crippen LogP contribution in [0.4, 0.5) is 5.69 Å². The predicted octanol–water partition coefficient (Wildman–Crippen LogP) is 2.37. The minimum absolute atomic E-state index is 0.0530. The smallest absolute Gasteiger partial charge is 0.337 e. The maximum absolute atomic E-state index is 11.8. The van der Waals surface area contributed by atoms with Crippen molar-refractivity contribution in [1.29, 1.82) is 0 Å². The van der Waals surface area contributed by atoms with E-state index in [4.69, 9.17) is 5.73 Å². The molecule has 0 unspecified atom stereocenters. The van der Waals surface area contributed by atoms with Gasteiger partial charge < -0.3 is 16.2 Å². The second kappa shape index (κ2) is 5.51. The number of nitrogens with one attached hydrogen (secondary N) is 1. The van der Waals surface area contributed by atoms with E-state index in [1.165, 1.54) is 23.0 Å². The summed E-state index contributed by atoms with van der Waals surface area (Å²) in [7, 11) is 0. The summed E-state index contributed by atoms with van der Waals surface area (Å²) in [5.41, 5.74) is 7.03. The molecule has 24 heavy (non-hydrogen) atoms. The summed E-state index contributed by atoms with van der Waals surface area (Å²) < 4.78 is 1.46. The number of aromatic nitrogens is 2. The van der Waals surface area contributed by atoms with Crippen molar-refractivity contribution in [2.24, 2.45) is 17.1 Å². The van der Waals surface area contributed by atoms with Gasteiger partial charge in [-0.25, -0.2) is 9.31 Å². The molecular formula is C17H22N4O3. The number of rotatable bonds is 4. The minimum Gasteiger partial charge on any atom is -0.478 e. The zero-order valence-corrected chi connectivity index (χ0v) is 14.0. The molecule has 0 saturated heterocycles. The maximum Gasteiger partial charge on any atom is 0.337 e. The average Bonchev–Trinajstić information content (AvgIpc) is 3.04. The first-order chi connectivity index (χ1) is 11.2. The molecule has 2 heterocycles. The Kier molecular flexibility index (Phi) is 3.74. The van der Waals surface area contributed by atoms with E-state index >= 15 is 0 Å². The number of aromatic carboxylic acids is 1. The third kappa shape index (κ3) is 2.50. The molecule has 0 aromatic carbocycles. The molecule has 0 spiro atoms. The van der Waals surface area contributed by atoms with Crippen LogP contribution in [0, 0.1) is 11.3 Å². The Morgan fingerprint density at radius 3 is 2.67 bits per heavy atom. The lowest BCUT2D eigenvalue weighted by atomic mass is 9.80. The van der Waals surface area contributed by atoms with Crippen LogP contribution in [0.15, 0.2) is 18.5 Å². The zero-order valence-electron chi connectivity index (χ0n) is 14.0. The van der Waals surface area contributed by atoms with E-state index < -0.39 is 11.9 Å². The van der Waals surface area contributed by atoms with E-state index in [-0.39, 0.29) is 22.6 Å². The Labute approximate surface area is 139 Å². The molecule has 0 bridgehead atoms. The Morgan fingerprint density at radius 1 is 1.42 bits per heavy atom. The van der Waals surface area contributed by atoms with Gasteiger partial charge in [0, 0.05) is 12.2 Å². The molecule has 3 rings (SSSR count). The van der Waals surface area contributed by atoms with Crippen molar-refractivity contribution >= 4 is 23.1 Å². The number of carboxylic acid groups (broad SMARTS) is 1. The van der Waals surface area contributed by atoms with Crippen molar-refractivity contribution in [2.45, 2.75) is 39.7 Å². The van der Waals surface area contributed by atoms with Gasteiger partial charge in [-0.05, 0) is 30.2 Å². The Bertz CT molecular complexity index is 825. The number of carbonyl (C=O) groups is 2. The van der Waals surface area contributed by atoms with Gasteiger partial charge in [-0.3, -0.25) is 4.79 Å². The van der Waals surface area contributed by atoms with Gasteiger partial charge in [-0.2, -0.15) is 5.10 Å². The summed E-state index contributed by atoms with van der Waals surface area (Å²) in [6, 6.07) is 1.68. The first kappa shape index (κ1) is 16.3. The highest BCUT2D eigenvalue weighted by molar-refractivity contribution is 6.03. The van der Waals surface area contributed by atoms with Crippen LogP contribution in [0.1, 0.15) is 54.3 Å². The molecule has 128 valence electrons. The number of hydrogen-bond acceptors (Lipinski definition) is 4. The minimum atomic E-state index is -1.04. The molecule has 1 saturated carbocycles. The number of nitrogens with two attached hydrogens (primary N) is 1. The predicted molar refractivity (Wildman–Crippen MR) is 90.3 cm³/mol. The SMILES string of the molecule is C[C@@H]1CC[C@@H](Nc2c(C(N)=O)cnn3cc(C(=O)O)cc23)C1(C)C. The van der Waals surface area contributed by atoms with Crippen LogP contribution in [-0.2, 0) is 0 Å². The second-order valence-electron chi connectivity index (χ2n) is 7.16. The number of carboxylic acids is 1. The van der Waals surface area contributed by atoms with Crippen LogP contribution < -0.4 is 11.1 Å². The Balaban J connectivity index is 2.11. The van der Waals surface area contributed by atoms with Crippen LogP contribution in [-0.4, -0.2) is 32.6 Å². The van der Waals surface area contributed by atoms with Gasteiger partial charge in [-0.15, -0.1) is 0 Å². The molecule has 2 aromatic rings. The fourth-order valence-electron chi connectivity index (χ4n) is 3.45. The van der Waals surface area contributed by atoms with Gasteiger partial charge >= 0.3 is 5.97 Å². The number of hydrogen-bond donors (Lipinski definition) is 3. The molecule has 0 radical (unpaired) electrons. The Morgan fingerprint density at radius 2 is 2.12 bits per heavy atom. The third-order valence-corrected chi connectivity index (χ3v) is 5.52. The van der Waals surface area contributed by atoms with Gasteiger partial charge in [0.25, 0.3) is 5.91 Å². The molecule has 1 fully saturated rings. The van der Waals surface area contributed by atoms with Crippen LogP contribution in [0.5, 0.6) is 0 Å². The number of amides is 1. The molecule has 7 heteroatoms. The maximum atomic E-state index is 11.8. The fraction of sp³-hybridized carbons (Fsp3) is 0.471. The number of primary amides is 1. The van der Waals surface area contributed by atoms with Gasteiger partial charge in [-0.1, -0.05) is 20.8 Å². The summed E-state index contributed by atoms with van der Waals surface area (Å²) >= 11 is 0. The quantitative estimate of drug-likeness (QED) is 0.797. The van der Waals surface area contributed by atoms with Crippen molar-refractivity contribution in [3.05, 3.63) is 29.6 Å². The van der Waals surface area contributed by atoms with Gasteiger partial charge in [0.2, 0.25) is 0 Å². The number of fused-ring (bicyclic) bond motifs is 1. The second-order valence-corrected chi connectivity index (χ2v) is 7.16. The van der Waals surface area contributed by atoms with Crippen molar-refractivity contribution in [3.8, 4) is 0 Å². The highest BCUT2D eigenvalue weighted by atomic mass is 16.4. The van der Waals surface area contributed by atoms with E-state index in [0.717, 1.165) is 12.8 Å². The third-order valence-electron chi connectivity index (χ3n) is 5.52. The Hall–Kier alpha value is -2.57. The van der Waals surface area contributed by atoms with Crippen molar-refractivity contribution < 1.29 is 14.7 Å². The lowest BCUT2D eigenvalue weighted by Crippen LogP contribution is -2.35. The summed E-state index contributed by atoms with van der Waals surface area (Å²) in [6.45, 7) is 6.62. The molecule has 1 aliphatic carbocycles. The molecule has 1 aliphatic rings. The molecule has 4 N–H and O–H groups in total. The van der Waals surface area contributed by atoms with E-state index in [2.05, 4.69) is 31.2 Å². The molecule has 2 aromatic heterocycles. The summed E-state index contributed by atoms with van der Waals surface area (Å²) in [5.74, 6) is -1.08. The van der Waals surface area contributed by atoms with Gasteiger partial charge in [0.1, 0.15) is 0 Å². The van der Waals surface area contributed by atoms with Crippen LogP contribution in [0.3, 0.4) is 0 Å². The van der Waals surface area contributed by atoms with Crippen molar-refractivity contribution in [1.82, 2.24) is 9.61 Å². The highest BCUT2D eigenvalue weighted by Crippen LogP contribution is 2.44. The monoisotopic (exact) mass is 330 g/mol. The highest BCUT2D eigenvalue weighted by Gasteiger charge is 2.41. The largest absolute Gasteiger partial charge is 0.478 e. The molecule has 0 aliphatic heterocycles. The fourth-order valence-corrected chi connectivity index (χ4v) is 3.45. The zero-order chi connectivity index (χ0) is 17.6. The summed E-state index contributed by atoms with van der Waals surface area (Å²) in [4.78, 5) is 23.1. The molecule has 1 amide bonds. The van der Waals surface area contributed by atoms with Crippen LogP contribution in [0.25, 0.3) is 5.52 Å². The summed E-state index contributed by atoms with van der Waals surface area (Å²) in [5, 5.41) is 16.8. The van der Waals surface area contributed by atoms with Crippen LogP contribution >= 0.6 is 0 Å². The van der Waals surface area contributed by atoms with E-state index in [1.807, 2.05) is 0 Å². The normalized spacial score (nSPS) is 22.6. The average molecular weight is 330 g/mol. The number of carbonyl (C=O) groups excluding carboxylic acids is 1. The molecule has 7 nitrogen and oxygen atoms in total. The number of nitrogens with zero attached hydrogens (tertiary/aromatic N) is 2. The van der Waals surface area contributed by atoms with E-state index in [0.29, 0.717) is 17.1 Å². The number of anilines is 1. The van der Waals surface area contributed by atoms with Gasteiger partial charge in [0.15, 0.2) is 0 Å². The topological polar surface area (TPSA) is 110 Å². The standard InChI is InChI=1S/C17H22N4O3/c1-9-4-5-13(17(9,2)3)20-14-11(15(18)22)7-19-21-8-10(16(23)24)6-12(14)21/h6-9,13,20H,4-5H2,1-3H3,(H2,18,22)(H,23,24)/t9-,13-/m1/s1. The lowest BCUT2D eigenvalue weighted by molar-refractivity contribution is 0.0696. The van der Waals surface area contributed by atoms with Crippen molar-refractivity contribution in [2.75, 3.05) is 5.32 Å². The van der Waals surface area contributed by atoms with Gasteiger partial charge in [0.05, 0.1) is 28.5 Å². The van der Waals surface area contributed by atoms with Crippen molar-refractivity contribution in [3.63, 3.8) is 0 Å². The lowest BCUT2D eigenvalue weighted by Gasteiger charge is -2.33. The van der Waals surface area contributed by atoms with E-state index in [9.17, 15) is 14.7 Å². The first-order valence-corrected chi connectivity index (χ1v) is 8.03. The van der Waals surface area contributed by atoms with E-state index in [1.54, 1.807) is 0 Å². The molecular weight excluding hydrogens is 308 g/mol. The summed E-state index contributed by atoms with van der Waals surface area (Å²) in [6.07, 6.45) is 4.89. The van der Waals surface area contributed by atoms with Crippen LogP contribution in [0.2, 0.25) is 0 Å².